The molecule has 2 aliphatic rings. The van der Waals surface area contributed by atoms with E-state index in [2.05, 4.69) is 45.7 Å². The van der Waals surface area contributed by atoms with Crippen LogP contribution >= 0.6 is 0 Å². The number of benzene rings is 1. The molecule has 0 saturated heterocycles. The first kappa shape index (κ1) is 32.6. The second kappa shape index (κ2) is 11.8. The Hall–Kier alpha value is -3.80. The number of ether oxygens (including phenoxy) is 4. The summed E-state index contributed by atoms with van der Waals surface area (Å²) in [5.74, 6) is 0.914. The molecule has 2 aliphatic heterocycles. The first-order valence-corrected chi connectivity index (χ1v) is 19.3. The van der Waals surface area contributed by atoms with Crippen molar-refractivity contribution in [2.24, 2.45) is 5.41 Å². The van der Waals surface area contributed by atoms with E-state index in [9.17, 15) is 14.4 Å². The normalized spacial score (nSPS) is 14.5. The first-order chi connectivity index (χ1) is 21.0. The number of nitrogens with one attached hydrogen (secondary N) is 1. The third-order valence-corrected chi connectivity index (χ3v) is 9.72. The zero-order valence-corrected chi connectivity index (χ0v) is 29.0. The summed E-state index contributed by atoms with van der Waals surface area (Å²) >= 11 is 0. The number of methoxy groups -OCH3 is 1. The number of hydrogen-bond acceptors (Lipinski definition) is 8. The van der Waals surface area contributed by atoms with E-state index in [0.717, 1.165) is 18.9 Å². The number of aromatic nitrogens is 3. The van der Waals surface area contributed by atoms with Crippen molar-refractivity contribution in [1.82, 2.24) is 19.4 Å². The highest BCUT2D eigenvalue weighted by Gasteiger charge is 2.35. The van der Waals surface area contributed by atoms with Crippen molar-refractivity contribution in [3.63, 3.8) is 0 Å². The lowest BCUT2D eigenvalue weighted by molar-refractivity contribution is -0.141. The Morgan fingerprint density at radius 1 is 1.09 bits per heavy atom. The quantitative estimate of drug-likeness (QED) is 0.232. The largest absolute Gasteiger partial charge is 0.489 e. The van der Waals surface area contributed by atoms with Crippen LogP contribution in [0, 0.1) is 5.41 Å². The van der Waals surface area contributed by atoms with E-state index in [1.807, 2.05) is 13.8 Å². The van der Waals surface area contributed by atoms with Crippen LogP contribution in [-0.4, -0.2) is 60.1 Å². The van der Waals surface area contributed by atoms with Crippen LogP contribution in [0.2, 0.25) is 25.7 Å². The van der Waals surface area contributed by atoms with E-state index in [1.54, 1.807) is 21.4 Å². The van der Waals surface area contributed by atoms with Gasteiger partial charge in [-0.25, -0.2) is 4.98 Å². The van der Waals surface area contributed by atoms with Gasteiger partial charge in [-0.3, -0.25) is 19.0 Å². The van der Waals surface area contributed by atoms with Crippen LogP contribution in [-0.2, 0) is 29.0 Å². The molecule has 45 heavy (non-hydrogen) atoms. The monoisotopic (exact) mass is 638 g/mol. The van der Waals surface area contributed by atoms with E-state index in [1.165, 1.54) is 7.11 Å². The molecule has 12 heteroatoms. The number of esters is 1. The van der Waals surface area contributed by atoms with Crippen molar-refractivity contribution in [3.05, 3.63) is 34.0 Å². The molecule has 0 radical (unpaired) electrons. The van der Waals surface area contributed by atoms with Gasteiger partial charge in [-0.1, -0.05) is 40.4 Å². The van der Waals surface area contributed by atoms with Crippen molar-refractivity contribution < 1.29 is 28.5 Å². The van der Waals surface area contributed by atoms with Gasteiger partial charge in [-0.05, 0) is 44.2 Å². The number of carbonyl (C=O) groups is 2. The second-order valence-corrected chi connectivity index (χ2v) is 20.8. The maximum atomic E-state index is 14.2. The van der Waals surface area contributed by atoms with Gasteiger partial charge < -0.3 is 28.8 Å². The number of hydrogen-bond donors (Lipinski definition) is 1. The molecule has 2 aromatic heterocycles. The maximum Gasteiger partial charge on any atom is 0.325 e. The Kier molecular flexibility index (Phi) is 8.58. The van der Waals surface area contributed by atoms with E-state index in [0.29, 0.717) is 64.8 Å². The standard InChI is InChI=1S/C33H46N4O7Si/c1-32(2,3)18-33(4,5)35-30(39)21-15-20(26-28(44-19-43-26)27(21)42-13-14-45(7,8)9)22-16-36(17-24(38)41-6)29-25(22)31(40)37-12-10-11-23(37)34-29/h15-16H,10-14,17-19H2,1-9H3,(H,35,39). The first-order valence-electron chi connectivity index (χ1n) is 15.6. The lowest BCUT2D eigenvalue weighted by atomic mass is 9.81. The zero-order chi connectivity index (χ0) is 32.9. The molecule has 0 unspecified atom stereocenters. The molecular formula is C33H46N4O7Si. The van der Waals surface area contributed by atoms with Crippen LogP contribution in [0.1, 0.15) is 63.6 Å². The highest BCUT2D eigenvalue weighted by molar-refractivity contribution is 6.76. The Labute approximate surface area is 265 Å². The molecule has 11 nitrogen and oxygen atoms in total. The molecule has 0 fully saturated rings. The molecule has 3 aromatic rings. The Balaban J connectivity index is 1.71. The van der Waals surface area contributed by atoms with Crippen molar-refractivity contribution in [2.45, 2.75) is 98.2 Å². The summed E-state index contributed by atoms with van der Waals surface area (Å²) in [6, 6.07) is 2.60. The molecular weight excluding hydrogens is 592 g/mol. The Bertz CT molecular complexity index is 1710. The van der Waals surface area contributed by atoms with Crippen molar-refractivity contribution in [1.29, 1.82) is 0 Å². The van der Waals surface area contributed by atoms with Gasteiger partial charge >= 0.3 is 5.97 Å². The fourth-order valence-corrected chi connectivity index (χ4v) is 7.13. The van der Waals surface area contributed by atoms with Gasteiger partial charge in [0.25, 0.3) is 11.5 Å². The summed E-state index contributed by atoms with van der Waals surface area (Å²) in [6.07, 6.45) is 3.93. The van der Waals surface area contributed by atoms with Crippen molar-refractivity contribution in [3.8, 4) is 28.4 Å². The number of rotatable bonds is 10. The Morgan fingerprint density at radius 3 is 2.47 bits per heavy atom. The molecule has 0 saturated carbocycles. The van der Waals surface area contributed by atoms with Crippen molar-refractivity contribution in [2.75, 3.05) is 20.5 Å². The molecule has 0 bridgehead atoms. The third-order valence-electron chi connectivity index (χ3n) is 8.02. The predicted molar refractivity (Wildman–Crippen MR) is 175 cm³/mol. The smallest absolute Gasteiger partial charge is 0.325 e. The van der Waals surface area contributed by atoms with Crippen LogP contribution in [0.4, 0.5) is 0 Å². The van der Waals surface area contributed by atoms with Crippen LogP contribution in [0.5, 0.6) is 17.2 Å². The van der Waals surface area contributed by atoms with Crippen LogP contribution < -0.4 is 25.1 Å². The van der Waals surface area contributed by atoms with E-state index in [-0.39, 0.29) is 35.8 Å². The molecule has 5 rings (SSSR count). The fourth-order valence-electron chi connectivity index (χ4n) is 6.42. The van der Waals surface area contributed by atoms with E-state index in [4.69, 9.17) is 23.9 Å². The average molecular weight is 639 g/mol. The summed E-state index contributed by atoms with van der Waals surface area (Å²) in [7, 11) is -0.132. The highest BCUT2D eigenvalue weighted by atomic mass is 28.3. The minimum atomic E-state index is -1.45. The molecule has 1 amide bonds. The highest BCUT2D eigenvalue weighted by Crippen LogP contribution is 2.51. The van der Waals surface area contributed by atoms with Gasteiger partial charge in [0, 0.05) is 43.9 Å². The summed E-state index contributed by atoms with van der Waals surface area (Å²) in [5.41, 5.74) is 0.901. The van der Waals surface area contributed by atoms with E-state index < -0.39 is 19.6 Å². The third kappa shape index (κ3) is 6.90. The molecule has 4 heterocycles. The number of aryl methyl sites for hydroxylation is 1. The van der Waals surface area contributed by atoms with Gasteiger partial charge in [-0.2, -0.15) is 0 Å². The molecule has 0 aliphatic carbocycles. The van der Waals surface area contributed by atoms with Crippen molar-refractivity contribution >= 4 is 31.0 Å². The Morgan fingerprint density at radius 2 is 1.80 bits per heavy atom. The summed E-state index contributed by atoms with van der Waals surface area (Å²) < 4.78 is 26.6. The lowest BCUT2D eigenvalue weighted by Crippen LogP contribution is -2.45. The second-order valence-electron chi connectivity index (χ2n) is 15.1. The number of fused-ring (bicyclic) bond motifs is 3. The summed E-state index contributed by atoms with van der Waals surface area (Å²) in [4.78, 5) is 45.3. The van der Waals surface area contributed by atoms with Gasteiger partial charge in [0.15, 0.2) is 11.5 Å². The molecule has 1 aromatic carbocycles. The lowest BCUT2D eigenvalue weighted by Gasteiger charge is -2.33. The summed E-state index contributed by atoms with van der Waals surface area (Å²) in [5, 5.41) is 3.56. The van der Waals surface area contributed by atoms with Crippen LogP contribution in [0.25, 0.3) is 22.2 Å². The zero-order valence-electron chi connectivity index (χ0n) is 28.0. The van der Waals surface area contributed by atoms with Gasteiger partial charge in [0.05, 0.1) is 24.7 Å². The number of nitrogens with zero attached hydrogens (tertiary/aromatic N) is 3. The summed E-state index contributed by atoms with van der Waals surface area (Å²) in [6.45, 7) is 18.0. The van der Waals surface area contributed by atoms with Gasteiger partial charge in [0.2, 0.25) is 12.5 Å². The average Bonchev–Trinajstić information content (AvgIpc) is 3.66. The van der Waals surface area contributed by atoms with Gasteiger partial charge in [0.1, 0.15) is 18.0 Å². The molecule has 0 spiro atoms. The van der Waals surface area contributed by atoms with E-state index >= 15 is 0 Å². The molecule has 1 N–H and O–H groups in total. The number of amides is 1. The molecule has 0 atom stereocenters. The minimum Gasteiger partial charge on any atom is -0.489 e. The van der Waals surface area contributed by atoms with Gasteiger partial charge in [-0.15, -0.1) is 0 Å². The fraction of sp³-hybridized carbons (Fsp3) is 0.576. The molecule has 244 valence electrons. The SMILES string of the molecule is COC(=O)Cn1cc(-c2cc(C(=O)NC(C)(C)CC(C)(C)C)c(OCC[Si](C)(C)C)c3c2OCO3)c2c(=O)n3c(nc21)CCC3. The number of carbonyl (C=O) groups excluding carboxylic acids is 2. The van der Waals surface area contributed by atoms with Crippen LogP contribution in [0.3, 0.4) is 0 Å². The predicted octanol–water partition coefficient (Wildman–Crippen LogP) is 5.37. The topological polar surface area (TPSA) is 123 Å². The minimum absolute atomic E-state index is 0.0234. The maximum absolute atomic E-state index is 14.2. The van der Waals surface area contributed by atoms with Crippen LogP contribution in [0.15, 0.2) is 17.1 Å².